The maximum Gasteiger partial charge on any atom is 0.246 e. The monoisotopic (exact) mass is 335 g/mol. The van der Waals surface area contributed by atoms with Crippen LogP contribution in [0.5, 0.6) is 0 Å². The van der Waals surface area contributed by atoms with Gasteiger partial charge < -0.3 is 10.2 Å². The molecule has 0 spiro atoms. The fraction of sp³-hybridized carbons (Fsp3) is 0.250. The second-order valence-corrected chi connectivity index (χ2v) is 6.17. The van der Waals surface area contributed by atoms with E-state index in [9.17, 15) is 9.59 Å². The van der Waals surface area contributed by atoms with E-state index in [1.807, 2.05) is 29.2 Å². The predicted octanol–water partition coefficient (Wildman–Crippen LogP) is 3.07. The van der Waals surface area contributed by atoms with E-state index in [1.54, 1.807) is 24.4 Å². The van der Waals surface area contributed by atoms with E-state index in [2.05, 4.69) is 22.4 Å². The second kappa shape index (κ2) is 7.75. The summed E-state index contributed by atoms with van der Waals surface area (Å²) < 4.78 is 0. The largest absolute Gasteiger partial charge is 0.339 e. The first kappa shape index (κ1) is 16.9. The number of carbonyl (C=O) groups excluding carboxylic acids is 2. The molecule has 5 nitrogen and oxygen atoms in total. The molecule has 1 aliphatic heterocycles. The van der Waals surface area contributed by atoms with Crippen molar-refractivity contribution in [2.45, 2.75) is 19.3 Å². The molecular formula is C20H21N3O2. The molecule has 25 heavy (non-hydrogen) atoms. The van der Waals surface area contributed by atoms with Gasteiger partial charge in [-0.2, -0.15) is 0 Å². The van der Waals surface area contributed by atoms with Crippen molar-refractivity contribution in [3.63, 3.8) is 0 Å². The average Bonchev–Trinajstić information content (AvgIpc) is 3.11. The Balaban J connectivity index is 1.57. The summed E-state index contributed by atoms with van der Waals surface area (Å²) in [5.74, 6) is 0.774. The minimum atomic E-state index is -0.159. The number of amides is 2. The van der Waals surface area contributed by atoms with Crippen LogP contribution < -0.4 is 5.32 Å². The number of anilines is 1. The molecule has 3 rings (SSSR count). The number of hydrogen-bond donors (Lipinski definition) is 1. The van der Waals surface area contributed by atoms with Crippen LogP contribution in [0.1, 0.15) is 30.4 Å². The highest BCUT2D eigenvalue weighted by Crippen LogP contribution is 2.27. The number of nitrogens with one attached hydrogen (secondary N) is 1. The summed E-state index contributed by atoms with van der Waals surface area (Å²) in [5, 5.41) is 2.61. The lowest BCUT2D eigenvalue weighted by Crippen LogP contribution is -2.26. The maximum atomic E-state index is 12.4. The fourth-order valence-electron chi connectivity index (χ4n) is 2.99. The molecule has 2 heterocycles. The van der Waals surface area contributed by atoms with Gasteiger partial charge in [-0.1, -0.05) is 30.3 Å². The van der Waals surface area contributed by atoms with Gasteiger partial charge in [-0.15, -0.1) is 0 Å². The van der Waals surface area contributed by atoms with Crippen LogP contribution in [0.4, 0.5) is 5.82 Å². The van der Waals surface area contributed by atoms with E-state index in [0.717, 1.165) is 25.1 Å². The Morgan fingerprint density at radius 3 is 2.68 bits per heavy atom. The van der Waals surface area contributed by atoms with Gasteiger partial charge in [0.05, 0.1) is 0 Å². The van der Waals surface area contributed by atoms with E-state index >= 15 is 0 Å². The topological polar surface area (TPSA) is 62.3 Å². The van der Waals surface area contributed by atoms with Crippen molar-refractivity contribution in [2.24, 2.45) is 0 Å². The smallest absolute Gasteiger partial charge is 0.246 e. The zero-order valence-electron chi connectivity index (χ0n) is 14.2. The molecule has 2 aromatic rings. The van der Waals surface area contributed by atoms with E-state index in [0.29, 0.717) is 11.7 Å². The SMILES string of the molecule is CC(=O)Nc1ccc(C=CC(=O)N2CCC(c3ccccc3)C2)cn1. The molecule has 1 fully saturated rings. The lowest BCUT2D eigenvalue weighted by Gasteiger charge is -2.14. The molecule has 1 unspecified atom stereocenters. The standard InChI is InChI=1S/C20H21N3O2/c1-15(24)22-19-9-7-16(13-21-19)8-10-20(25)23-12-11-18(14-23)17-5-3-2-4-6-17/h2-10,13,18H,11-12,14H2,1H3,(H,21,22,24). The van der Waals surface area contributed by atoms with E-state index in [-0.39, 0.29) is 11.8 Å². The number of rotatable bonds is 4. The summed E-state index contributed by atoms with van der Waals surface area (Å²) >= 11 is 0. The van der Waals surface area contributed by atoms with Crippen molar-refractivity contribution < 1.29 is 9.59 Å². The third-order valence-corrected chi connectivity index (χ3v) is 4.28. The van der Waals surface area contributed by atoms with Crippen LogP contribution >= 0.6 is 0 Å². The minimum absolute atomic E-state index is 0.0179. The molecule has 128 valence electrons. The van der Waals surface area contributed by atoms with Crippen LogP contribution in [0.2, 0.25) is 0 Å². The van der Waals surface area contributed by atoms with Gasteiger partial charge in [-0.3, -0.25) is 9.59 Å². The maximum absolute atomic E-state index is 12.4. The number of benzene rings is 1. The van der Waals surface area contributed by atoms with Crippen molar-refractivity contribution in [1.29, 1.82) is 0 Å². The normalized spacial score (nSPS) is 17.0. The highest BCUT2D eigenvalue weighted by molar-refractivity contribution is 5.92. The number of aromatic nitrogens is 1. The molecule has 0 radical (unpaired) electrons. The number of hydrogen-bond acceptors (Lipinski definition) is 3. The molecule has 2 amide bonds. The molecule has 1 aromatic heterocycles. The zero-order chi connectivity index (χ0) is 17.6. The summed E-state index contributed by atoms with van der Waals surface area (Å²) in [6, 6.07) is 13.9. The Morgan fingerprint density at radius 1 is 1.20 bits per heavy atom. The van der Waals surface area contributed by atoms with E-state index in [1.165, 1.54) is 12.5 Å². The summed E-state index contributed by atoms with van der Waals surface area (Å²) in [5.41, 5.74) is 2.11. The first-order valence-corrected chi connectivity index (χ1v) is 8.37. The zero-order valence-corrected chi connectivity index (χ0v) is 14.2. The van der Waals surface area contributed by atoms with Gasteiger partial charge in [-0.05, 0) is 35.8 Å². The summed E-state index contributed by atoms with van der Waals surface area (Å²) in [6.45, 7) is 2.97. The Bertz CT molecular complexity index is 769. The van der Waals surface area contributed by atoms with Gasteiger partial charge in [0.2, 0.25) is 11.8 Å². The highest BCUT2D eigenvalue weighted by Gasteiger charge is 2.25. The summed E-state index contributed by atoms with van der Waals surface area (Å²) in [4.78, 5) is 29.4. The van der Waals surface area contributed by atoms with Crippen molar-refractivity contribution in [2.75, 3.05) is 18.4 Å². The van der Waals surface area contributed by atoms with Crippen LogP contribution in [0, 0.1) is 0 Å². The molecule has 0 bridgehead atoms. The number of nitrogens with zero attached hydrogens (tertiary/aromatic N) is 2. The van der Waals surface area contributed by atoms with Gasteiger partial charge in [0.15, 0.2) is 0 Å². The summed E-state index contributed by atoms with van der Waals surface area (Å²) in [7, 11) is 0. The molecular weight excluding hydrogens is 314 g/mol. The van der Waals surface area contributed by atoms with Crippen molar-refractivity contribution in [3.05, 3.63) is 65.9 Å². The lowest BCUT2D eigenvalue weighted by molar-refractivity contribution is -0.125. The van der Waals surface area contributed by atoms with Crippen molar-refractivity contribution in [1.82, 2.24) is 9.88 Å². The molecule has 0 saturated carbocycles. The lowest BCUT2D eigenvalue weighted by atomic mass is 9.99. The molecule has 5 heteroatoms. The van der Waals surface area contributed by atoms with Crippen LogP contribution in [0.15, 0.2) is 54.7 Å². The number of carbonyl (C=O) groups is 2. The Hall–Kier alpha value is -2.95. The fourth-order valence-corrected chi connectivity index (χ4v) is 2.99. The van der Waals surface area contributed by atoms with Crippen LogP contribution in [0.25, 0.3) is 6.08 Å². The van der Waals surface area contributed by atoms with E-state index in [4.69, 9.17) is 0 Å². The van der Waals surface area contributed by atoms with Gasteiger partial charge >= 0.3 is 0 Å². The van der Waals surface area contributed by atoms with Crippen molar-refractivity contribution >= 4 is 23.7 Å². The van der Waals surface area contributed by atoms with Gasteiger partial charge in [0.1, 0.15) is 5.82 Å². The first-order chi connectivity index (χ1) is 12.1. The Morgan fingerprint density at radius 2 is 2.00 bits per heavy atom. The Kier molecular flexibility index (Phi) is 5.23. The average molecular weight is 335 g/mol. The number of pyridine rings is 1. The molecule has 1 atom stereocenters. The van der Waals surface area contributed by atoms with E-state index < -0.39 is 0 Å². The predicted molar refractivity (Wildman–Crippen MR) is 98.0 cm³/mol. The third-order valence-electron chi connectivity index (χ3n) is 4.28. The third kappa shape index (κ3) is 4.53. The van der Waals surface area contributed by atoms with Crippen molar-refractivity contribution in [3.8, 4) is 0 Å². The molecule has 1 aromatic carbocycles. The van der Waals surface area contributed by atoms with Gasteiger partial charge in [-0.25, -0.2) is 4.98 Å². The first-order valence-electron chi connectivity index (χ1n) is 8.37. The molecule has 1 saturated heterocycles. The molecule has 1 N–H and O–H groups in total. The molecule has 0 aliphatic carbocycles. The van der Waals surface area contributed by atoms with Crippen LogP contribution in [0.3, 0.4) is 0 Å². The van der Waals surface area contributed by atoms with Crippen LogP contribution in [-0.2, 0) is 9.59 Å². The Labute approximate surface area is 147 Å². The minimum Gasteiger partial charge on any atom is -0.339 e. The van der Waals surface area contributed by atoms with Crippen LogP contribution in [-0.4, -0.2) is 34.8 Å². The second-order valence-electron chi connectivity index (χ2n) is 6.17. The highest BCUT2D eigenvalue weighted by atomic mass is 16.2. The molecule has 1 aliphatic rings. The number of likely N-dealkylation sites (tertiary alicyclic amines) is 1. The van der Waals surface area contributed by atoms with Gasteiger partial charge in [0, 0.05) is 38.2 Å². The summed E-state index contributed by atoms with van der Waals surface area (Å²) in [6.07, 6.45) is 5.97. The quantitative estimate of drug-likeness (QED) is 0.874. The van der Waals surface area contributed by atoms with Gasteiger partial charge in [0.25, 0.3) is 0 Å².